The minimum absolute atomic E-state index is 0.0920. The zero-order chi connectivity index (χ0) is 18.4. The lowest BCUT2D eigenvalue weighted by molar-refractivity contribution is 0.101. The van der Waals surface area contributed by atoms with E-state index in [1.165, 1.54) is 16.4 Å². The standard InChI is InChI=1S/C18H21IN2O3S/c1-3-21(4-2)25(23,24)17-10-8-14(9-11-17)18(22)13-20-16-7-5-6-15(19)12-16/h5-12,20H,3-4,13H2,1-2H3. The minimum Gasteiger partial charge on any atom is -0.378 e. The van der Waals surface area contributed by atoms with Gasteiger partial charge in [0.1, 0.15) is 0 Å². The van der Waals surface area contributed by atoms with E-state index in [9.17, 15) is 13.2 Å². The molecule has 5 nitrogen and oxygen atoms in total. The van der Waals surface area contributed by atoms with Gasteiger partial charge in [0, 0.05) is 27.9 Å². The van der Waals surface area contributed by atoms with E-state index in [1.54, 1.807) is 26.0 Å². The molecule has 0 saturated heterocycles. The predicted octanol–water partition coefficient (Wildman–Crippen LogP) is 3.62. The topological polar surface area (TPSA) is 66.5 Å². The van der Waals surface area contributed by atoms with Crippen molar-refractivity contribution in [2.24, 2.45) is 0 Å². The van der Waals surface area contributed by atoms with Crippen molar-refractivity contribution >= 4 is 44.1 Å². The van der Waals surface area contributed by atoms with Crippen LogP contribution in [0.5, 0.6) is 0 Å². The van der Waals surface area contributed by atoms with Crippen molar-refractivity contribution in [2.75, 3.05) is 25.0 Å². The van der Waals surface area contributed by atoms with Gasteiger partial charge in [0.05, 0.1) is 11.4 Å². The molecule has 25 heavy (non-hydrogen) atoms. The molecular weight excluding hydrogens is 451 g/mol. The summed E-state index contributed by atoms with van der Waals surface area (Å²) in [6.45, 7) is 4.59. The molecule has 2 aromatic rings. The van der Waals surface area contributed by atoms with Gasteiger partial charge in [-0.3, -0.25) is 4.79 Å². The average molecular weight is 472 g/mol. The van der Waals surface area contributed by atoms with Gasteiger partial charge in [0.2, 0.25) is 10.0 Å². The predicted molar refractivity (Wildman–Crippen MR) is 109 cm³/mol. The Labute approximate surface area is 162 Å². The Bertz CT molecular complexity index is 832. The molecule has 0 aliphatic heterocycles. The molecule has 0 saturated carbocycles. The van der Waals surface area contributed by atoms with E-state index in [0.29, 0.717) is 18.7 Å². The number of anilines is 1. The second kappa shape index (κ2) is 8.77. The van der Waals surface area contributed by atoms with E-state index in [1.807, 2.05) is 24.3 Å². The fraction of sp³-hybridized carbons (Fsp3) is 0.278. The number of rotatable bonds is 8. The summed E-state index contributed by atoms with van der Waals surface area (Å²) in [5, 5.41) is 3.08. The number of Topliss-reactive ketones (excluding diaryl/α,β-unsaturated/α-hetero) is 1. The van der Waals surface area contributed by atoms with E-state index in [-0.39, 0.29) is 17.2 Å². The summed E-state index contributed by atoms with van der Waals surface area (Å²) >= 11 is 2.21. The largest absolute Gasteiger partial charge is 0.378 e. The maximum Gasteiger partial charge on any atom is 0.243 e. The van der Waals surface area contributed by atoms with Crippen LogP contribution in [0.1, 0.15) is 24.2 Å². The quantitative estimate of drug-likeness (QED) is 0.471. The number of hydrogen-bond donors (Lipinski definition) is 1. The van der Waals surface area contributed by atoms with Crippen LogP contribution in [-0.2, 0) is 10.0 Å². The third kappa shape index (κ3) is 5.02. The summed E-state index contributed by atoms with van der Waals surface area (Å²) in [7, 11) is -3.50. The maximum atomic E-state index is 12.4. The van der Waals surface area contributed by atoms with Gasteiger partial charge in [-0.25, -0.2) is 8.42 Å². The smallest absolute Gasteiger partial charge is 0.243 e. The van der Waals surface area contributed by atoms with Gasteiger partial charge in [-0.05, 0) is 65.1 Å². The minimum atomic E-state index is -3.50. The van der Waals surface area contributed by atoms with Gasteiger partial charge in [0.25, 0.3) is 0 Å². The third-order valence-corrected chi connectivity index (χ3v) is 6.53. The second-order valence-electron chi connectivity index (χ2n) is 5.40. The van der Waals surface area contributed by atoms with Crippen molar-refractivity contribution in [3.05, 3.63) is 57.7 Å². The SMILES string of the molecule is CCN(CC)S(=O)(=O)c1ccc(C(=O)CNc2cccc(I)c2)cc1. The molecule has 0 radical (unpaired) electrons. The van der Waals surface area contributed by atoms with Crippen molar-refractivity contribution in [3.63, 3.8) is 0 Å². The van der Waals surface area contributed by atoms with Crippen molar-refractivity contribution in [2.45, 2.75) is 18.7 Å². The zero-order valence-electron chi connectivity index (χ0n) is 14.2. The molecular formula is C18H21IN2O3S. The van der Waals surface area contributed by atoms with Crippen LogP contribution >= 0.6 is 22.6 Å². The van der Waals surface area contributed by atoms with Crippen molar-refractivity contribution in [1.29, 1.82) is 0 Å². The summed E-state index contributed by atoms with van der Waals surface area (Å²) in [6, 6.07) is 13.9. The molecule has 2 rings (SSSR count). The van der Waals surface area contributed by atoms with E-state index in [2.05, 4.69) is 27.9 Å². The van der Waals surface area contributed by atoms with Gasteiger partial charge >= 0.3 is 0 Å². The van der Waals surface area contributed by atoms with Crippen LogP contribution in [-0.4, -0.2) is 38.1 Å². The summed E-state index contributed by atoms with van der Waals surface area (Å²) in [4.78, 5) is 12.5. The number of ketones is 1. The highest BCUT2D eigenvalue weighted by Crippen LogP contribution is 2.17. The Kier molecular flexibility index (Phi) is 6.97. The highest BCUT2D eigenvalue weighted by atomic mass is 127. The van der Waals surface area contributed by atoms with E-state index in [0.717, 1.165) is 9.26 Å². The van der Waals surface area contributed by atoms with Crippen molar-refractivity contribution in [1.82, 2.24) is 4.31 Å². The molecule has 1 N–H and O–H groups in total. The number of carbonyl (C=O) groups excluding carboxylic acids is 1. The number of nitrogens with zero attached hydrogens (tertiary/aromatic N) is 1. The Morgan fingerprint density at radius 2 is 1.72 bits per heavy atom. The lowest BCUT2D eigenvalue weighted by atomic mass is 10.1. The molecule has 0 aliphatic carbocycles. The van der Waals surface area contributed by atoms with Crippen LogP contribution in [0, 0.1) is 3.57 Å². The van der Waals surface area contributed by atoms with Crippen LogP contribution < -0.4 is 5.32 Å². The number of carbonyl (C=O) groups is 1. The molecule has 0 aliphatic rings. The first-order chi connectivity index (χ1) is 11.9. The Morgan fingerprint density at radius 3 is 2.28 bits per heavy atom. The van der Waals surface area contributed by atoms with E-state index >= 15 is 0 Å². The maximum absolute atomic E-state index is 12.4. The van der Waals surface area contributed by atoms with Crippen LogP contribution in [0.25, 0.3) is 0 Å². The molecule has 2 aromatic carbocycles. The summed E-state index contributed by atoms with van der Waals surface area (Å²) < 4.78 is 27.4. The van der Waals surface area contributed by atoms with Gasteiger partial charge in [-0.1, -0.05) is 19.9 Å². The van der Waals surface area contributed by atoms with E-state index in [4.69, 9.17) is 0 Å². The highest BCUT2D eigenvalue weighted by molar-refractivity contribution is 14.1. The van der Waals surface area contributed by atoms with Crippen molar-refractivity contribution < 1.29 is 13.2 Å². The monoisotopic (exact) mass is 472 g/mol. The lowest BCUT2D eigenvalue weighted by Crippen LogP contribution is -2.30. The second-order valence-corrected chi connectivity index (χ2v) is 8.58. The Hall–Kier alpha value is -1.45. The molecule has 0 bridgehead atoms. The Balaban J connectivity index is 2.07. The summed E-state index contributed by atoms with van der Waals surface area (Å²) in [5.74, 6) is -0.0920. The van der Waals surface area contributed by atoms with Gasteiger partial charge in [-0.15, -0.1) is 0 Å². The van der Waals surface area contributed by atoms with Crippen LogP contribution in [0.2, 0.25) is 0 Å². The first-order valence-corrected chi connectivity index (χ1v) is 10.5. The van der Waals surface area contributed by atoms with Crippen LogP contribution in [0.15, 0.2) is 53.4 Å². The molecule has 7 heteroatoms. The molecule has 0 heterocycles. The molecule has 0 fully saturated rings. The molecule has 0 atom stereocenters. The summed E-state index contributed by atoms with van der Waals surface area (Å²) in [6.07, 6.45) is 0. The fourth-order valence-corrected chi connectivity index (χ4v) is 4.41. The first kappa shape index (κ1) is 19.9. The number of hydrogen-bond acceptors (Lipinski definition) is 4. The normalized spacial score (nSPS) is 11.5. The lowest BCUT2D eigenvalue weighted by Gasteiger charge is -2.18. The van der Waals surface area contributed by atoms with E-state index < -0.39 is 10.0 Å². The highest BCUT2D eigenvalue weighted by Gasteiger charge is 2.21. The average Bonchev–Trinajstić information content (AvgIpc) is 2.60. The summed E-state index contributed by atoms with van der Waals surface area (Å²) in [5.41, 5.74) is 1.36. The molecule has 0 aromatic heterocycles. The zero-order valence-corrected chi connectivity index (χ0v) is 17.2. The third-order valence-electron chi connectivity index (χ3n) is 3.80. The molecule has 0 amide bonds. The molecule has 0 spiro atoms. The molecule has 0 unspecified atom stereocenters. The van der Waals surface area contributed by atoms with Crippen LogP contribution in [0.4, 0.5) is 5.69 Å². The number of sulfonamides is 1. The first-order valence-electron chi connectivity index (χ1n) is 8.01. The number of benzene rings is 2. The number of halogens is 1. The number of nitrogens with one attached hydrogen (secondary N) is 1. The fourth-order valence-electron chi connectivity index (χ4n) is 2.41. The van der Waals surface area contributed by atoms with Gasteiger partial charge < -0.3 is 5.32 Å². The molecule has 134 valence electrons. The Morgan fingerprint density at radius 1 is 1.08 bits per heavy atom. The van der Waals surface area contributed by atoms with Crippen LogP contribution in [0.3, 0.4) is 0 Å². The van der Waals surface area contributed by atoms with Crippen molar-refractivity contribution in [3.8, 4) is 0 Å². The van der Waals surface area contributed by atoms with Gasteiger partial charge in [-0.2, -0.15) is 4.31 Å². The van der Waals surface area contributed by atoms with Gasteiger partial charge in [0.15, 0.2) is 5.78 Å².